The first-order valence-electron chi connectivity index (χ1n) is 10.4. The van der Waals surface area contributed by atoms with Crippen LogP contribution < -0.4 is 0 Å². The third kappa shape index (κ3) is 5.32. The van der Waals surface area contributed by atoms with Gasteiger partial charge in [-0.2, -0.15) is 9.40 Å². The minimum Gasteiger partial charge on any atom is -0.454 e. The van der Waals surface area contributed by atoms with Crippen molar-refractivity contribution in [3.63, 3.8) is 0 Å². The molecule has 0 spiro atoms. The first-order chi connectivity index (χ1) is 15.8. The van der Waals surface area contributed by atoms with Crippen molar-refractivity contribution >= 4 is 33.4 Å². The lowest BCUT2D eigenvalue weighted by Gasteiger charge is -2.15. The van der Waals surface area contributed by atoms with Gasteiger partial charge >= 0.3 is 5.97 Å². The van der Waals surface area contributed by atoms with Crippen molar-refractivity contribution in [1.82, 2.24) is 14.1 Å². The lowest BCUT2D eigenvalue weighted by molar-refractivity contribution is 0.0474. The van der Waals surface area contributed by atoms with Crippen molar-refractivity contribution in [2.45, 2.75) is 24.3 Å². The zero-order valence-corrected chi connectivity index (χ0v) is 19.3. The van der Waals surface area contributed by atoms with Crippen LogP contribution in [0.5, 0.6) is 0 Å². The van der Waals surface area contributed by atoms with E-state index in [0.29, 0.717) is 24.7 Å². The lowest BCUT2D eigenvalue weighted by atomic mass is 10.1. The molecular formula is C23H22ClN3O5S. The fourth-order valence-electron chi connectivity index (χ4n) is 3.54. The molecule has 0 atom stereocenters. The van der Waals surface area contributed by atoms with Gasteiger partial charge in [0.2, 0.25) is 10.0 Å². The molecule has 0 saturated carbocycles. The number of Topliss-reactive ketones (excluding diaryl/α,β-unsaturated/α-hetero) is 1. The van der Waals surface area contributed by atoms with E-state index in [-0.39, 0.29) is 16.0 Å². The van der Waals surface area contributed by atoms with Crippen molar-refractivity contribution in [2.24, 2.45) is 0 Å². The predicted molar refractivity (Wildman–Crippen MR) is 122 cm³/mol. The summed E-state index contributed by atoms with van der Waals surface area (Å²) in [6.07, 6.45) is 4.58. The number of halogens is 1. The van der Waals surface area contributed by atoms with Crippen molar-refractivity contribution in [3.8, 4) is 0 Å². The molecule has 2 aromatic carbocycles. The van der Waals surface area contributed by atoms with Crippen LogP contribution in [0.2, 0.25) is 5.02 Å². The Balaban J connectivity index is 1.34. The molecule has 3 aromatic rings. The van der Waals surface area contributed by atoms with E-state index >= 15 is 0 Å². The van der Waals surface area contributed by atoms with Crippen LogP contribution in [0.4, 0.5) is 0 Å². The highest BCUT2D eigenvalue weighted by Crippen LogP contribution is 2.21. The Morgan fingerprint density at radius 2 is 1.70 bits per heavy atom. The first kappa shape index (κ1) is 23.2. The van der Waals surface area contributed by atoms with Gasteiger partial charge in [-0.25, -0.2) is 13.2 Å². The third-order valence-corrected chi connectivity index (χ3v) is 7.65. The van der Waals surface area contributed by atoms with E-state index in [4.69, 9.17) is 16.3 Å². The van der Waals surface area contributed by atoms with E-state index in [2.05, 4.69) is 5.10 Å². The minimum absolute atomic E-state index is 0.142. The Labute approximate surface area is 196 Å². The highest BCUT2D eigenvalue weighted by atomic mass is 35.5. The van der Waals surface area contributed by atoms with E-state index in [0.717, 1.165) is 18.4 Å². The number of rotatable bonds is 8. The van der Waals surface area contributed by atoms with Crippen molar-refractivity contribution in [3.05, 3.63) is 82.6 Å². The number of ether oxygens (including phenoxy) is 1. The summed E-state index contributed by atoms with van der Waals surface area (Å²) in [4.78, 5) is 24.9. The smallest absolute Gasteiger partial charge is 0.341 e. The monoisotopic (exact) mass is 487 g/mol. The van der Waals surface area contributed by atoms with Gasteiger partial charge in [0, 0.05) is 29.9 Å². The summed E-state index contributed by atoms with van der Waals surface area (Å²) in [5.41, 5.74) is 1.33. The van der Waals surface area contributed by atoms with Crippen molar-refractivity contribution in [2.75, 3.05) is 19.7 Å². The Morgan fingerprint density at radius 1 is 1.00 bits per heavy atom. The van der Waals surface area contributed by atoms with Gasteiger partial charge in [-0.05, 0) is 48.7 Å². The minimum atomic E-state index is -3.55. The quantitative estimate of drug-likeness (QED) is 0.356. The molecule has 1 fully saturated rings. The standard InChI is InChI=1S/C23H22ClN3O5S/c24-21-6-2-1-5-18(21)14-26-15-19(13-25-26)23(29)32-16-22(28)17-7-9-20(10-8-17)33(30,31)27-11-3-4-12-27/h1-2,5-10,13,15H,3-4,11-12,14,16H2. The van der Waals surface area contributed by atoms with E-state index in [1.807, 2.05) is 18.2 Å². The summed E-state index contributed by atoms with van der Waals surface area (Å²) in [5.74, 6) is -1.11. The van der Waals surface area contributed by atoms with Crippen molar-refractivity contribution < 1.29 is 22.7 Å². The summed E-state index contributed by atoms with van der Waals surface area (Å²) in [7, 11) is -3.55. The molecule has 172 valence electrons. The van der Waals surface area contributed by atoms with Crippen LogP contribution in [-0.2, 0) is 21.3 Å². The Hall–Kier alpha value is -3.01. The van der Waals surface area contributed by atoms with Gasteiger partial charge in [-0.15, -0.1) is 0 Å². The third-order valence-electron chi connectivity index (χ3n) is 5.37. The number of aromatic nitrogens is 2. The maximum absolute atomic E-state index is 12.6. The van der Waals surface area contributed by atoms with Crippen molar-refractivity contribution in [1.29, 1.82) is 0 Å². The lowest BCUT2D eigenvalue weighted by Crippen LogP contribution is -2.27. The van der Waals surface area contributed by atoms with Crippen LogP contribution >= 0.6 is 11.6 Å². The molecule has 1 saturated heterocycles. The Bertz CT molecular complexity index is 1270. The molecule has 8 nitrogen and oxygen atoms in total. The molecule has 0 N–H and O–H groups in total. The average Bonchev–Trinajstić information content (AvgIpc) is 3.52. The number of hydrogen-bond donors (Lipinski definition) is 0. The molecule has 0 unspecified atom stereocenters. The van der Waals surface area contributed by atoms with Gasteiger partial charge in [0.05, 0.1) is 23.2 Å². The summed E-state index contributed by atoms with van der Waals surface area (Å²) in [6.45, 7) is 0.938. The van der Waals surface area contributed by atoms with Gasteiger partial charge in [0.1, 0.15) is 0 Å². The zero-order valence-electron chi connectivity index (χ0n) is 17.7. The van der Waals surface area contributed by atoms with Gasteiger partial charge in [-0.3, -0.25) is 9.48 Å². The average molecular weight is 488 g/mol. The molecule has 0 radical (unpaired) electrons. The first-order valence-corrected chi connectivity index (χ1v) is 12.2. The second-order valence-electron chi connectivity index (χ2n) is 7.65. The number of sulfonamides is 1. The predicted octanol–water partition coefficient (Wildman–Crippen LogP) is 3.41. The SMILES string of the molecule is O=C(COC(=O)c1cnn(Cc2ccccc2Cl)c1)c1ccc(S(=O)(=O)N2CCCC2)cc1. The molecule has 1 aliphatic heterocycles. The van der Waals surface area contributed by atoms with Gasteiger partial charge in [-0.1, -0.05) is 29.8 Å². The number of hydrogen-bond acceptors (Lipinski definition) is 6. The topological polar surface area (TPSA) is 98.6 Å². The van der Waals surface area contributed by atoms with Gasteiger partial charge in [0.15, 0.2) is 12.4 Å². The fraction of sp³-hybridized carbons (Fsp3) is 0.261. The van der Waals surface area contributed by atoms with Crippen LogP contribution in [0.15, 0.2) is 65.8 Å². The van der Waals surface area contributed by atoms with Crippen LogP contribution in [-0.4, -0.2) is 54.0 Å². The number of benzene rings is 2. The van der Waals surface area contributed by atoms with Crippen LogP contribution in [0, 0.1) is 0 Å². The van der Waals surface area contributed by atoms with Crippen LogP contribution in [0.1, 0.15) is 39.1 Å². The molecule has 4 rings (SSSR count). The second-order valence-corrected chi connectivity index (χ2v) is 10.00. The Morgan fingerprint density at radius 3 is 2.39 bits per heavy atom. The van der Waals surface area contributed by atoms with E-state index in [1.54, 1.807) is 10.7 Å². The molecule has 33 heavy (non-hydrogen) atoms. The largest absolute Gasteiger partial charge is 0.454 e. The zero-order chi connectivity index (χ0) is 23.4. The maximum Gasteiger partial charge on any atom is 0.341 e. The number of esters is 1. The van der Waals surface area contributed by atoms with E-state index < -0.39 is 28.4 Å². The normalized spacial score (nSPS) is 14.3. The summed E-state index contributed by atoms with van der Waals surface area (Å²) in [6, 6.07) is 13.0. The van der Waals surface area contributed by atoms with Crippen LogP contribution in [0.3, 0.4) is 0 Å². The van der Waals surface area contributed by atoms with Gasteiger partial charge in [0.25, 0.3) is 0 Å². The number of nitrogens with zero attached hydrogens (tertiary/aromatic N) is 3. The fourth-order valence-corrected chi connectivity index (χ4v) is 5.26. The molecule has 1 aromatic heterocycles. The molecule has 1 aliphatic rings. The highest BCUT2D eigenvalue weighted by molar-refractivity contribution is 7.89. The summed E-state index contributed by atoms with van der Waals surface area (Å²) in [5, 5.41) is 4.73. The number of carbonyl (C=O) groups excluding carboxylic acids is 2. The summed E-state index contributed by atoms with van der Waals surface area (Å²) >= 11 is 6.15. The molecule has 0 amide bonds. The molecule has 0 aliphatic carbocycles. The van der Waals surface area contributed by atoms with Crippen LogP contribution in [0.25, 0.3) is 0 Å². The molecular weight excluding hydrogens is 466 g/mol. The van der Waals surface area contributed by atoms with E-state index in [9.17, 15) is 18.0 Å². The highest BCUT2D eigenvalue weighted by Gasteiger charge is 2.27. The molecule has 10 heteroatoms. The Kier molecular flexibility index (Phi) is 6.92. The number of carbonyl (C=O) groups is 2. The van der Waals surface area contributed by atoms with E-state index in [1.165, 1.54) is 41.0 Å². The maximum atomic E-state index is 12.6. The second kappa shape index (κ2) is 9.86. The van der Waals surface area contributed by atoms with Gasteiger partial charge < -0.3 is 4.74 Å². The number of ketones is 1. The molecule has 2 heterocycles. The summed E-state index contributed by atoms with van der Waals surface area (Å²) < 4.78 is 33.3. The molecule has 0 bridgehead atoms.